The van der Waals surface area contributed by atoms with Gasteiger partial charge in [0, 0.05) is 6.54 Å². The van der Waals surface area contributed by atoms with E-state index < -0.39 is 0 Å². The highest BCUT2D eigenvalue weighted by Crippen LogP contribution is 2.09. The van der Waals surface area contributed by atoms with Crippen molar-refractivity contribution < 1.29 is 4.79 Å². The van der Waals surface area contributed by atoms with Crippen molar-refractivity contribution >= 4 is 30.7 Å². The van der Waals surface area contributed by atoms with Crippen LogP contribution < -0.4 is 10.6 Å². The van der Waals surface area contributed by atoms with E-state index in [0.29, 0.717) is 6.54 Å². The first-order valence-electron chi connectivity index (χ1n) is 7.28. The molecule has 1 fully saturated rings. The zero-order chi connectivity index (χ0) is 14.5. The first kappa shape index (κ1) is 19.4. The predicted octanol–water partition coefficient (Wildman–Crippen LogP) is 1.87. The van der Waals surface area contributed by atoms with Crippen LogP contribution in [0.4, 0.5) is 0 Å². The first-order valence-corrected chi connectivity index (χ1v) is 7.28. The quantitative estimate of drug-likeness (QED) is 0.875. The summed E-state index contributed by atoms with van der Waals surface area (Å²) < 4.78 is 1.70. The van der Waals surface area contributed by atoms with Crippen LogP contribution >= 0.6 is 24.8 Å². The number of benzene rings is 1. The monoisotopic (exact) mass is 357 g/mol. The smallest absolute Gasteiger partial charge is 0.237 e. The van der Waals surface area contributed by atoms with Crippen molar-refractivity contribution in [2.45, 2.75) is 31.8 Å². The number of rotatable bonds is 4. The Morgan fingerprint density at radius 3 is 2.65 bits per heavy atom. The normalized spacial score (nSPS) is 16.8. The minimum atomic E-state index is -0.0341. The van der Waals surface area contributed by atoms with Gasteiger partial charge in [-0.05, 0) is 37.1 Å². The molecule has 1 unspecified atom stereocenters. The van der Waals surface area contributed by atoms with E-state index in [1.165, 1.54) is 6.33 Å². The second kappa shape index (κ2) is 9.50. The molecule has 0 saturated carbocycles. The molecule has 2 N–H and O–H groups in total. The molecule has 3 rings (SSSR count). The zero-order valence-electron chi connectivity index (χ0n) is 12.6. The molecule has 8 heteroatoms. The van der Waals surface area contributed by atoms with E-state index in [4.69, 9.17) is 0 Å². The SMILES string of the molecule is Cl.Cl.O=C(NCc1ccc(-n2cncn2)cc1)C1CCCCN1. The van der Waals surface area contributed by atoms with E-state index in [9.17, 15) is 4.79 Å². The average Bonchev–Trinajstić information content (AvgIpc) is 3.08. The van der Waals surface area contributed by atoms with Gasteiger partial charge in [0.15, 0.2) is 0 Å². The molecule has 0 radical (unpaired) electrons. The van der Waals surface area contributed by atoms with Gasteiger partial charge in [0.1, 0.15) is 12.7 Å². The maximum Gasteiger partial charge on any atom is 0.237 e. The summed E-state index contributed by atoms with van der Waals surface area (Å²) in [5.74, 6) is 0.0926. The number of hydrogen-bond donors (Lipinski definition) is 2. The molecule has 2 heterocycles. The van der Waals surface area contributed by atoms with Crippen LogP contribution in [-0.2, 0) is 11.3 Å². The van der Waals surface area contributed by atoms with Crippen LogP contribution in [0, 0.1) is 0 Å². The molecule has 0 spiro atoms. The lowest BCUT2D eigenvalue weighted by Crippen LogP contribution is -2.46. The number of aromatic nitrogens is 3. The Labute approximate surface area is 147 Å². The second-order valence-electron chi connectivity index (χ2n) is 5.23. The van der Waals surface area contributed by atoms with E-state index in [1.54, 1.807) is 11.0 Å². The molecule has 0 bridgehead atoms. The number of amides is 1. The summed E-state index contributed by atoms with van der Waals surface area (Å²) in [7, 11) is 0. The predicted molar refractivity (Wildman–Crippen MR) is 93.3 cm³/mol. The maximum atomic E-state index is 12.0. The molecule has 1 atom stereocenters. The molecular formula is C15H21Cl2N5O. The molecule has 1 amide bonds. The minimum Gasteiger partial charge on any atom is -0.351 e. The van der Waals surface area contributed by atoms with Crippen LogP contribution in [0.3, 0.4) is 0 Å². The third-order valence-electron chi connectivity index (χ3n) is 3.71. The van der Waals surface area contributed by atoms with Gasteiger partial charge >= 0.3 is 0 Å². The van der Waals surface area contributed by atoms with E-state index in [-0.39, 0.29) is 36.8 Å². The standard InChI is InChI=1S/C15H19N5O.2ClH/c21-15(14-3-1-2-8-17-14)18-9-12-4-6-13(7-5-12)20-11-16-10-19-20;;/h4-7,10-11,14,17H,1-3,8-9H2,(H,18,21);2*1H. The van der Waals surface area contributed by atoms with Crippen molar-refractivity contribution in [3.63, 3.8) is 0 Å². The van der Waals surface area contributed by atoms with Gasteiger partial charge in [0.25, 0.3) is 0 Å². The number of carbonyl (C=O) groups excluding carboxylic acids is 1. The van der Waals surface area contributed by atoms with Gasteiger partial charge in [0.2, 0.25) is 5.91 Å². The topological polar surface area (TPSA) is 71.8 Å². The third-order valence-corrected chi connectivity index (χ3v) is 3.71. The van der Waals surface area contributed by atoms with Crippen LogP contribution in [0.25, 0.3) is 5.69 Å². The number of nitrogens with zero attached hydrogens (tertiary/aromatic N) is 3. The molecule has 1 aliphatic rings. The Hall–Kier alpha value is -1.63. The molecule has 126 valence electrons. The van der Waals surface area contributed by atoms with Crippen molar-refractivity contribution in [3.05, 3.63) is 42.5 Å². The van der Waals surface area contributed by atoms with Crippen LogP contribution in [0.5, 0.6) is 0 Å². The van der Waals surface area contributed by atoms with Crippen LogP contribution in [-0.4, -0.2) is 33.3 Å². The van der Waals surface area contributed by atoms with Gasteiger partial charge in [0.05, 0.1) is 11.7 Å². The Balaban J connectivity index is 0.00000132. The number of nitrogens with one attached hydrogen (secondary N) is 2. The molecule has 1 aromatic heterocycles. The second-order valence-corrected chi connectivity index (χ2v) is 5.23. The van der Waals surface area contributed by atoms with Crippen LogP contribution in [0.1, 0.15) is 24.8 Å². The third kappa shape index (κ3) is 5.20. The average molecular weight is 358 g/mol. The molecule has 1 aliphatic heterocycles. The van der Waals surface area contributed by atoms with Gasteiger partial charge in [-0.1, -0.05) is 18.6 Å². The molecule has 1 saturated heterocycles. The molecule has 1 aromatic carbocycles. The number of halogens is 2. The fourth-order valence-electron chi connectivity index (χ4n) is 2.50. The van der Waals surface area contributed by atoms with Gasteiger partial charge in [-0.3, -0.25) is 4.79 Å². The highest BCUT2D eigenvalue weighted by Gasteiger charge is 2.19. The number of hydrogen-bond acceptors (Lipinski definition) is 4. The Kier molecular flexibility index (Phi) is 8.02. The molecular weight excluding hydrogens is 337 g/mol. The summed E-state index contributed by atoms with van der Waals surface area (Å²) in [5, 5.41) is 10.3. The van der Waals surface area contributed by atoms with E-state index in [1.807, 2.05) is 24.3 Å². The number of carbonyl (C=O) groups is 1. The molecule has 23 heavy (non-hydrogen) atoms. The summed E-state index contributed by atoms with van der Waals surface area (Å²) >= 11 is 0. The summed E-state index contributed by atoms with van der Waals surface area (Å²) in [6, 6.07) is 7.88. The van der Waals surface area contributed by atoms with E-state index in [0.717, 1.165) is 37.1 Å². The van der Waals surface area contributed by atoms with Crippen LogP contribution in [0.2, 0.25) is 0 Å². The zero-order valence-corrected chi connectivity index (χ0v) is 14.3. The molecule has 0 aliphatic carbocycles. The fraction of sp³-hybridized carbons (Fsp3) is 0.400. The van der Waals surface area contributed by atoms with Gasteiger partial charge in [-0.25, -0.2) is 9.67 Å². The van der Waals surface area contributed by atoms with Crippen molar-refractivity contribution in [1.29, 1.82) is 0 Å². The van der Waals surface area contributed by atoms with Crippen molar-refractivity contribution in [2.24, 2.45) is 0 Å². The maximum absolute atomic E-state index is 12.0. The number of piperidine rings is 1. The fourth-order valence-corrected chi connectivity index (χ4v) is 2.50. The minimum absolute atomic E-state index is 0. The Morgan fingerprint density at radius 1 is 1.26 bits per heavy atom. The molecule has 6 nitrogen and oxygen atoms in total. The summed E-state index contributed by atoms with van der Waals surface area (Å²) in [4.78, 5) is 15.9. The van der Waals surface area contributed by atoms with E-state index >= 15 is 0 Å². The lowest BCUT2D eigenvalue weighted by Gasteiger charge is -2.22. The van der Waals surface area contributed by atoms with Crippen molar-refractivity contribution in [3.8, 4) is 5.69 Å². The van der Waals surface area contributed by atoms with Gasteiger partial charge < -0.3 is 10.6 Å². The first-order chi connectivity index (χ1) is 10.3. The van der Waals surface area contributed by atoms with Crippen molar-refractivity contribution in [1.82, 2.24) is 25.4 Å². The van der Waals surface area contributed by atoms with E-state index in [2.05, 4.69) is 20.7 Å². The van der Waals surface area contributed by atoms with Crippen LogP contribution in [0.15, 0.2) is 36.9 Å². The van der Waals surface area contributed by atoms with Gasteiger partial charge in [-0.2, -0.15) is 5.10 Å². The lowest BCUT2D eigenvalue weighted by molar-refractivity contribution is -0.123. The Bertz CT molecular complexity index is 582. The summed E-state index contributed by atoms with van der Waals surface area (Å²) in [5.41, 5.74) is 2.03. The highest BCUT2D eigenvalue weighted by molar-refractivity contribution is 5.85. The molecule has 2 aromatic rings. The highest BCUT2D eigenvalue weighted by atomic mass is 35.5. The summed E-state index contributed by atoms with van der Waals surface area (Å²) in [6.07, 6.45) is 6.37. The van der Waals surface area contributed by atoms with Crippen molar-refractivity contribution in [2.75, 3.05) is 6.54 Å². The Morgan fingerprint density at radius 2 is 2.04 bits per heavy atom. The lowest BCUT2D eigenvalue weighted by atomic mass is 10.0. The van der Waals surface area contributed by atoms with Gasteiger partial charge in [-0.15, -0.1) is 24.8 Å². The summed E-state index contributed by atoms with van der Waals surface area (Å²) in [6.45, 7) is 1.49. The largest absolute Gasteiger partial charge is 0.351 e.